The number of anilines is 1. The number of aromatic nitrogens is 1. The molecule has 0 saturated carbocycles. The molecule has 3 heterocycles. The van der Waals surface area contributed by atoms with Gasteiger partial charge >= 0.3 is 6.18 Å². The molecule has 9 heteroatoms. The Morgan fingerprint density at radius 3 is 1.97 bits per heavy atom. The number of carbonyl (C=O) groups excluding carboxylic acids is 2. The number of nitrogens with zero attached hydrogens (tertiary/aromatic N) is 4. The lowest BCUT2D eigenvalue weighted by molar-refractivity contribution is -0.198. The Labute approximate surface area is 200 Å². The van der Waals surface area contributed by atoms with Crippen molar-refractivity contribution in [3.05, 3.63) is 23.4 Å². The molecular weight excluding hydrogens is 445 g/mol. The lowest BCUT2D eigenvalue weighted by Crippen LogP contribution is -2.49. The van der Waals surface area contributed by atoms with Crippen LogP contribution in [0.15, 0.2) is 12.1 Å². The smallest absolute Gasteiger partial charge is 0.357 e. The molecule has 2 fully saturated rings. The number of carbonyl (C=O) groups is 2. The average molecular weight is 483 g/mol. The normalized spacial score (nSPS) is 19.4. The summed E-state index contributed by atoms with van der Waals surface area (Å²) in [6.45, 7) is 7.31. The van der Waals surface area contributed by atoms with E-state index in [0.29, 0.717) is 36.2 Å². The summed E-state index contributed by atoms with van der Waals surface area (Å²) in [5.74, 6) is -1.69. The van der Waals surface area contributed by atoms with E-state index < -0.39 is 23.9 Å². The molecule has 6 nitrogen and oxygen atoms in total. The van der Waals surface area contributed by atoms with Gasteiger partial charge in [0.1, 0.15) is 11.7 Å². The zero-order valence-electron chi connectivity index (χ0n) is 20.9. The minimum atomic E-state index is -4.50. The van der Waals surface area contributed by atoms with Gasteiger partial charge in [0, 0.05) is 40.3 Å². The van der Waals surface area contributed by atoms with Crippen LogP contribution in [0.25, 0.3) is 0 Å². The number of rotatable bonds is 5. The standard InChI is InChI=1S/C25H37F3N4O2/c1-16(2)22(25(26,27)28)24(34)32-14-10-19(11-15-32)18-8-12-31(13-9-18)21-7-6-20(17(3)29-21)23(33)30(4)5/h6-7,16,18-19,22H,8-15H2,1-5H3. The second-order valence-corrected chi connectivity index (χ2v) is 10.3. The summed E-state index contributed by atoms with van der Waals surface area (Å²) in [6.07, 6.45) is -0.987. The van der Waals surface area contributed by atoms with Gasteiger partial charge in [-0.3, -0.25) is 9.59 Å². The van der Waals surface area contributed by atoms with Crippen molar-refractivity contribution in [1.82, 2.24) is 14.8 Å². The predicted octanol–water partition coefficient (Wildman–Crippen LogP) is 4.38. The van der Waals surface area contributed by atoms with Crippen molar-refractivity contribution in [2.24, 2.45) is 23.7 Å². The monoisotopic (exact) mass is 482 g/mol. The van der Waals surface area contributed by atoms with Gasteiger partial charge in [0.25, 0.3) is 5.91 Å². The number of alkyl halides is 3. The number of likely N-dealkylation sites (tertiary alicyclic amines) is 1. The first-order valence-electron chi connectivity index (χ1n) is 12.2. The molecule has 190 valence electrons. The highest BCUT2D eigenvalue weighted by Crippen LogP contribution is 2.37. The molecule has 34 heavy (non-hydrogen) atoms. The van der Waals surface area contributed by atoms with Crippen molar-refractivity contribution in [1.29, 1.82) is 0 Å². The Bertz CT molecular complexity index is 871. The highest BCUT2D eigenvalue weighted by Gasteiger charge is 2.48. The third-order valence-electron chi connectivity index (χ3n) is 7.37. The summed E-state index contributed by atoms with van der Waals surface area (Å²) in [5.41, 5.74) is 1.32. The Balaban J connectivity index is 1.53. The van der Waals surface area contributed by atoms with E-state index >= 15 is 0 Å². The fourth-order valence-electron chi connectivity index (χ4n) is 5.38. The van der Waals surface area contributed by atoms with Crippen LogP contribution in [-0.4, -0.2) is 73.0 Å². The predicted molar refractivity (Wildman–Crippen MR) is 126 cm³/mol. The number of aryl methyl sites for hydroxylation is 1. The molecule has 1 atom stereocenters. The van der Waals surface area contributed by atoms with Crippen LogP contribution in [0.5, 0.6) is 0 Å². The van der Waals surface area contributed by atoms with Gasteiger partial charge in [-0.2, -0.15) is 13.2 Å². The van der Waals surface area contributed by atoms with Gasteiger partial charge < -0.3 is 14.7 Å². The third kappa shape index (κ3) is 5.84. The maximum atomic E-state index is 13.4. The van der Waals surface area contributed by atoms with Crippen LogP contribution in [0.1, 0.15) is 55.6 Å². The van der Waals surface area contributed by atoms with E-state index in [4.69, 9.17) is 0 Å². The number of piperidine rings is 2. The minimum Gasteiger partial charge on any atom is -0.357 e. The van der Waals surface area contributed by atoms with Gasteiger partial charge in [-0.15, -0.1) is 0 Å². The Kier molecular flexibility index (Phi) is 8.14. The molecule has 2 saturated heterocycles. The van der Waals surface area contributed by atoms with E-state index in [-0.39, 0.29) is 5.91 Å². The van der Waals surface area contributed by atoms with Crippen molar-refractivity contribution in [3.8, 4) is 0 Å². The van der Waals surface area contributed by atoms with Gasteiger partial charge in [-0.25, -0.2) is 4.98 Å². The van der Waals surface area contributed by atoms with Crippen LogP contribution >= 0.6 is 0 Å². The Morgan fingerprint density at radius 1 is 1.00 bits per heavy atom. The molecule has 0 bridgehead atoms. The summed E-state index contributed by atoms with van der Waals surface area (Å²) in [6, 6.07) is 3.74. The third-order valence-corrected chi connectivity index (χ3v) is 7.37. The summed E-state index contributed by atoms with van der Waals surface area (Å²) >= 11 is 0. The van der Waals surface area contributed by atoms with Crippen molar-refractivity contribution in [3.63, 3.8) is 0 Å². The van der Waals surface area contributed by atoms with E-state index in [2.05, 4.69) is 9.88 Å². The zero-order valence-corrected chi connectivity index (χ0v) is 20.9. The molecule has 0 aliphatic carbocycles. The SMILES string of the molecule is Cc1nc(N2CCC(C3CCN(C(=O)C(C(C)C)C(F)(F)F)CC3)CC2)ccc1C(=O)N(C)C. The Morgan fingerprint density at radius 2 is 1.53 bits per heavy atom. The largest absolute Gasteiger partial charge is 0.400 e. The highest BCUT2D eigenvalue weighted by atomic mass is 19.4. The lowest BCUT2D eigenvalue weighted by Gasteiger charge is -2.41. The van der Waals surface area contributed by atoms with E-state index in [1.54, 1.807) is 19.0 Å². The summed E-state index contributed by atoms with van der Waals surface area (Å²) in [7, 11) is 3.44. The van der Waals surface area contributed by atoms with Crippen molar-refractivity contribution < 1.29 is 22.8 Å². The van der Waals surface area contributed by atoms with E-state index in [0.717, 1.165) is 44.6 Å². The first kappa shape index (κ1) is 26.3. The maximum Gasteiger partial charge on any atom is 0.400 e. The van der Waals surface area contributed by atoms with Crippen LogP contribution in [0.2, 0.25) is 0 Å². The van der Waals surface area contributed by atoms with Crippen LogP contribution in [0, 0.1) is 30.6 Å². The molecule has 2 aliphatic rings. The van der Waals surface area contributed by atoms with Crippen LogP contribution in [-0.2, 0) is 4.79 Å². The first-order valence-corrected chi connectivity index (χ1v) is 12.2. The van der Waals surface area contributed by atoms with Crippen LogP contribution in [0.4, 0.5) is 19.0 Å². The number of pyridine rings is 1. The van der Waals surface area contributed by atoms with E-state index in [1.807, 2.05) is 19.1 Å². The van der Waals surface area contributed by atoms with Crippen LogP contribution < -0.4 is 4.90 Å². The fraction of sp³-hybridized carbons (Fsp3) is 0.720. The quantitative estimate of drug-likeness (QED) is 0.625. The zero-order chi connectivity index (χ0) is 25.2. The second kappa shape index (κ2) is 10.5. The van der Waals surface area contributed by atoms with Gasteiger partial charge in [-0.05, 0) is 62.5 Å². The second-order valence-electron chi connectivity index (χ2n) is 10.3. The first-order chi connectivity index (χ1) is 15.9. The summed E-state index contributed by atoms with van der Waals surface area (Å²) < 4.78 is 40.1. The molecule has 0 spiro atoms. The molecule has 0 N–H and O–H groups in total. The van der Waals surface area contributed by atoms with Gasteiger partial charge in [0.15, 0.2) is 0 Å². The van der Waals surface area contributed by atoms with Gasteiger partial charge in [0.2, 0.25) is 5.91 Å². The Hall–Kier alpha value is -2.32. The van der Waals surface area contributed by atoms with Crippen molar-refractivity contribution in [2.75, 3.05) is 45.2 Å². The summed E-state index contributed by atoms with van der Waals surface area (Å²) in [5, 5.41) is 0. The molecule has 2 aliphatic heterocycles. The van der Waals surface area contributed by atoms with Crippen LogP contribution in [0.3, 0.4) is 0 Å². The van der Waals surface area contributed by atoms with E-state index in [1.165, 1.54) is 18.7 Å². The minimum absolute atomic E-state index is 0.0602. The number of halogens is 3. The lowest BCUT2D eigenvalue weighted by atomic mass is 9.78. The average Bonchev–Trinajstić information content (AvgIpc) is 2.77. The number of hydrogen-bond acceptors (Lipinski definition) is 4. The number of hydrogen-bond donors (Lipinski definition) is 0. The topological polar surface area (TPSA) is 56.8 Å². The summed E-state index contributed by atoms with van der Waals surface area (Å²) in [4.78, 5) is 34.7. The van der Waals surface area contributed by atoms with Crippen molar-refractivity contribution in [2.45, 2.75) is 52.6 Å². The maximum absolute atomic E-state index is 13.4. The van der Waals surface area contributed by atoms with Gasteiger partial charge in [-0.1, -0.05) is 13.8 Å². The molecule has 0 radical (unpaired) electrons. The molecule has 1 aromatic heterocycles. The number of amides is 2. The molecular formula is C25H37F3N4O2. The molecule has 1 unspecified atom stereocenters. The molecule has 2 amide bonds. The molecule has 3 rings (SSSR count). The van der Waals surface area contributed by atoms with Crippen molar-refractivity contribution >= 4 is 17.6 Å². The van der Waals surface area contributed by atoms with Gasteiger partial charge in [0.05, 0.1) is 11.3 Å². The fourth-order valence-corrected chi connectivity index (χ4v) is 5.38. The molecule has 0 aromatic carbocycles. The molecule has 1 aromatic rings. The highest BCUT2D eigenvalue weighted by molar-refractivity contribution is 5.95. The van der Waals surface area contributed by atoms with E-state index in [9.17, 15) is 22.8 Å².